The normalized spacial score (nSPS) is 23.7. The lowest BCUT2D eigenvalue weighted by molar-refractivity contribution is 0.153. The van der Waals surface area contributed by atoms with E-state index in [1.54, 1.807) is 0 Å². The van der Waals surface area contributed by atoms with Gasteiger partial charge >= 0.3 is 6.03 Å². The highest BCUT2D eigenvalue weighted by Gasteiger charge is 2.41. The molecule has 2 aliphatic rings. The van der Waals surface area contributed by atoms with Crippen molar-refractivity contribution in [3.63, 3.8) is 0 Å². The van der Waals surface area contributed by atoms with Crippen LogP contribution >= 0.6 is 0 Å². The first-order chi connectivity index (χ1) is 14.1. The predicted octanol–water partition coefficient (Wildman–Crippen LogP) is 3.22. The van der Waals surface area contributed by atoms with E-state index in [1.807, 2.05) is 49.1 Å². The van der Waals surface area contributed by atoms with Gasteiger partial charge < -0.3 is 15.0 Å². The molecule has 2 amide bonds. The molecule has 0 aliphatic carbocycles. The lowest BCUT2D eigenvalue weighted by Gasteiger charge is -2.36. The van der Waals surface area contributed by atoms with Gasteiger partial charge in [-0.25, -0.2) is 10.2 Å². The third-order valence-corrected chi connectivity index (χ3v) is 5.70. The molecule has 2 aromatic carbocycles. The zero-order chi connectivity index (χ0) is 20.2. The summed E-state index contributed by atoms with van der Waals surface area (Å²) in [4.78, 5) is 14.4. The van der Waals surface area contributed by atoms with E-state index in [-0.39, 0.29) is 18.1 Å². The summed E-state index contributed by atoms with van der Waals surface area (Å²) in [7, 11) is 0. The van der Waals surface area contributed by atoms with Crippen LogP contribution in [0, 0.1) is 5.92 Å². The van der Waals surface area contributed by atoms with E-state index in [4.69, 9.17) is 4.74 Å². The number of ether oxygens (including phenoxy) is 1. The second-order valence-corrected chi connectivity index (χ2v) is 8.22. The fraction of sp³-hybridized carbons (Fsp3) is 0.435. The third kappa shape index (κ3) is 4.71. The van der Waals surface area contributed by atoms with Gasteiger partial charge in [0, 0.05) is 31.1 Å². The van der Waals surface area contributed by atoms with Crippen LogP contribution in [-0.4, -0.2) is 36.1 Å². The van der Waals surface area contributed by atoms with Crippen LogP contribution in [-0.2, 0) is 6.61 Å². The number of hydrogen-bond acceptors (Lipinski definition) is 4. The minimum absolute atomic E-state index is 0.0359. The Hall–Kier alpha value is -2.57. The summed E-state index contributed by atoms with van der Waals surface area (Å²) >= 11 is 0. The quantitative estimate of drug-likeness (QED) is 0.729. The van der Waals surface area contributed by atoms with Crippen LogP contribution in [0.15, 0.2) is 54.6 Å². The smallest absolute Gasteiger partial charge is 0.317 e. The molecule has 2 heterocycles. The van der Waals surface area contributed by atoms with Crippen LogP contribution in [0.2, 0.25) is 0 Å². The first kappa shape index (κ1) is 19.7. The van der Waals surface area contributed by atoms with Gasteiger partial charge in [0.2, 0.25) is 0 Å². The van der Waals surface area contributed by atoms with Gasteiger partial charge in [-0.2, -0.15) is 0 Å². The number of hydrazine groups is 1. The maximum Gasteiger partial charge on any atom is 0.317 e. The van der Waals surface area contributed by atoms with Crippen LogP contribution in [0.4, 0.5) is 4.79 Å². The van der Waals surface area contributed by atoms with E-state index in [0.717, 1.165) is 30.8 Å². The summed E-state index contributed by atoms with van der Waals surface area (Å²) in [6, 6.07) is 19.2. The van der Waals surface area contributed by atoms with E-state index in [0.29, 0.717) is 18.6 Å². The van der Waals surface area contributed by atoms with Crippen molar-refractivity contribution in [1.29, 1.82) is 0 Å². The summed E-state index contributed by atoms with van der Waals surface area (Å²) in [5.41, 5.74) is 9.24. The molecule has 0 radical (unpaired) electrons. The Labute approximate surface area is 172 Å². The molecule has 29 heavy (non-hydrogen) atoms. The van der Waals surface area contributed by atoms with Gasteiger partial charge in [-0.05, 0) is 43.5 Å². The Balaban J connectivity index is 1.38. The number of fused-ring (bicyclic) bond motifs is 1. The Bertz CT molecular complexity index is 809. The monoisotopic (exact) mass is 394 g/mol. The molecule has 4 rings (SSSR count). The van der Waals surface area contributed by atoms with E-state index in [1.165, 1.54) is 5.56 Å². The molecule has 0 spiro atoms. The van der Waals surface area contributed by atoms with Crippen molar-refractivity contribution in [3.05, 3.63) is 65.7 Å². The van der Waals surface area contributed by atoms with E-state index in [2.05, 4.69) is 40.4 Å². The van der Waals surface area contributed by atoms with Crippen LogP contribution in [0.25, 0.3) is 0 Å². The number of piperidine rings is 1. The molecule has 6 heteroatoms. The Morgan fingerprint density at radius 2 is 1.90 bits per heavy atom. The Morgan fingerprint density at radius 1 is 1.14 bits per heavy atom. The molecule has 0 bridgehead atoms. The molecule has 154 valence electrons. The van der Waals surface area contributed by atoms with Gasteiger partial charge in [-0.15, -0.1) is 0 Å². The third-order valence-electron chi connectivity index (χ3n) is 5.70. The number of carbonyl (C=O) groups is 1. The molecular formula is C23H30N4O2. The van der Waals surface area contributed by atoms with Crippen molar-refractivity contribution < 1.29 is 9.53 Å². The van der Waals surface area contributed by atoms with Crippen LogP contribution in [0.5, 0.6) is 5.75 Å². The molecule has 2 aliphatic heterocycles. The molecular weight excluding hydrogens is 364 g/mol. The fourth-order valence-corrected chi connectivity index (χ4v) is 4.17. The summed E-state index contributed by atoms with van der Waals surface area (Å²) in [6.45, 7) is 6.09. The number of hydrogen-bond donors (Lipinski definition) is 3. The van der Waals surface area contributed by atoms with Gasteiger partial charge in [-0.3, -0.25) is 5.43 Å². The van der Waals surface area contributed by atoms with Crippen molar-refractivity contribution in [3.8, 4) is 5.75 Å². The molecule has 6 nitrogen and oxygen atoms in total. The lowest BCUT2D eigenvalue weighted by Crippen LogP contribution is -2.52. The van der Waals surface area contributed by atoms with Gasteiger partial charge in [0.15, 0.2) is 0 Å². The number of nitrogens with zero attached hydrogens (tertiary/aromatic N) is 1. The zero-order valence-electron chi connectivity index (χ0n) is 17.1. The molecule has 3 atom stereocenters. The highest BCUT2D eigenvalue weighted by atomic mass is 16.5. The number of amides is 2. The van der Waals surface area contributed by atoms with Gasteiger partial charge in [0.25, 0.3) is 0 Å². The topological polar surface area (TPSA) is 65.6 Å². The van der Waals surface area contributed by atoms with E-state index < -0.39 is 0 Å². The minimum atomic E-state index is 0.0359. The Morgan fingerprint density at radius 3 is 2.62 bits per heavy atom. The highest BCUT2D eigenvalue weighted by molar-refractivity contribution is 5.74. The van der Waals surface area contributed by atoms with Crippen LogP contribution in [0.3, 0.4) is 0 Å². The average molecular weight is 395 g/mol. The first-order valence-electron chi connectivity index (χ1n) is 10.4. The average Bonchev–Trinajstić information content (AvgIpc) is 3.16. The molecule has 3 unspecified atom stereocenters. The van der Waals surface area contributed by atoms with Crippen LogP contribution < -0.4 is 20.9 Å². The zero-order valence-corrected chi connectivity index (χ0v) is 17.1. The summed E-state index contributed by atoms with van der Waals surface area (Å²) in [5, 5.41) is 3.01. The molecule has 2 fully saturated rings. The molecule has 3 N–H and O–H groups in total. The molecule has 0 aromatic heterocycles. The van der Waals surface area contributed by atoms with Crippen LogP contribution in [0.1, 0.15) is 37.4 Å². The first-order valence-corrected chi connectivity index (χ1v) is 10.4. The molecule has 2 saturated heterocycles. The highest BCUT2D eigenvalue weighted by Crippen LogP contribution is 2.34. The van der Waals surface area contributed by atoms with Crippen molar-refractivity contribution in [1.82, 2.24) is 21.1 Å². The Kier molecular flexibility index (Phi) is 6.02. The van der Waals surface area contributed by atoms with Gasteiger partial charge in [0.05, 0.1) is 6.04 Å². The summed E-state index contributed by atoms with van der Waals surface area (Å²) in [6.07, 6.45) is 0.956. The number of carbonyl (C=O) groups excluding carboxylic acids is 1. The summed E-state index contributed by atoms with van der Waals surface area (Å²) < 4.78 is 5.90. The van der Waals surface area contributed by atoms with E-state index >= 15 is 0 Å². The van der Waals surface area contributed by atoms with Crippen molar-refractivity contribution in [2.24, 2.45) is 5.92 Å². The largest absolute Gasteiger partial charge is 0.489 e. The van der Waals surface area contributed by atoms with Crippen molar-refractivity contribution in [2.75, 3.05) is 13.1 Å². The number of rotatable bonds is 5. The van der Waals surface area contributed by atoms with Gasteiger partial charge in [-0.1, -0.05) is 42.5 Å². The molecule has 0 saturated carbocycles. The fourth-order valence-electron chi connectivity index (χ4n) is 4.17. The van der Waals surface area contributed by atoms with Crippen molar-refractivity contribution in [2.45, 2.75) is 45.0 Å². The summed E-state index contributed by atoms with van der Waals surface area (Å²) in [5.74, 6) is 1.21. The van der Waals surface area contributed by atoms with E-state index in [9.17, 15) is 4.79 Å². The SMILES string of the molecule is CC(C)NC(=O)N1CCC2NNC(c3ccc(OCc4ccccc4)cc3)C2C1. The minimum Gasteiger partial charge on any atom is -0.489 e. The maximum absolute atomic E-state index is 12.4. The number of nitrogens with one attached hydrogen (secondary N) is 3. The second kappa shape index (κ2) is 8.84. The lowest BCUT2D eigenvalue weighted by atomic mass is 9.85. The predicted molar refractivity (Wildman–Crippen MR) is 113 cm³/mol. The van der Waals surface area contributed by atoms with Crippen molar-refractivity contribution >= 4 is 6.03 Å². The second-order valence-electron chi connectivity index (χ2n) is 8.22. The number of urea groups is 1. The van der Waals surface area contributed by atoms with Gasteiger partial charge in [0.1, 0.15) is 12.4 Å². The molecule has 2 aromatic rings. The standard InChI is InChI=1S/C23H30N4O2/c1-16(2)24-23(28)27-13-12-21-20(14-27)22(26-25-21)18-8-10-19(11-9-18)29-15-17-6-4-3-5-7-17/h3-11,16,20-22,25-26H,12-15H2,1-2H3,(H,24,28). The number of likely N-dealkylation sites (tertiary alicyclic amines) is 1. The maximum atomic E-state index is 12.4. The number of benzene rings is 2.